The highest BCUT2D eigenvalue weighted by Gasteiger charge is 2.24. The van der Waals surface area contributed by atoms with Gasteiger partial charge >= 0.3 is 0 Å². The second-order valence-corrected chi connectivity index (χ2v) is 12.5. The van der Waals surface area contributed by atoms with Gasteiger partial charge in [0, 0.05) is 16.3 Å². The van der Waals surface area contributed by atoms with Crippen molar-refractivity contribution in [1.29, 1.82) is 0 Å². The zero-order valence-corrected chi connectivity index (χ0v) is 24.2. The van der Waals surface area contributed by atoms with E-state index in [1.807, 2.05) is 6.07 Å². The summed E-state index contributed by atoms with van der Waals surface area (Å²) in [6, 6.07) is 51.5. The quantitative estimate of drug-likeness (QED) is 0.185. The Bertz CT molecular complexity index is 1950. The zero-order chi connectivity index (χ0) is 28.3. The lowest BCUT2D eigenvalue weighted by molar-refractivity contribution is 0.295. The number of fused-ring (bicyclic) bond motifs is 2. The van der Waals surface area contributed by atoms with Crippen molar-refractivity contribution in [2.45, 2.75) is 13.5 Å². The fourth-order valence-electron chi connectivity index (χ4n) is 5.48. The van der Waals surface area contributed by atoms with Gasteiger partial charge in [-0.25, -0.2) is 0 Å². The first-order valence-electron chi connectivity index (χ1n) is 14.1. The smallest absolute Gasteiger partial charge is 0.241 e. The van der Waals surface area contributed by atoms with E-state index < -0.39 is 7.92 Å². The summed E-state index contributed by atoms with van der Waals surface area (Å²) in [5.41, 5.74) is 4.33. The number of benzene rings is 6. The highest BCUT2D eigenvalue weighted by Crippen LogP contribution is 2.42. The molecule has 0 atom stereocenters. The number of hydrogen-bond acceptors (Lipinski definition) is 3. The molecule has 7 aromatic rings. The Morgan fingerprint density at radius 2 is 1.14 bits per heavy atom. The largest absolute Gasteiger partial charge is 0.471 e. The van der Waals surface area contributed by atoms with Gasteiger partial charge in [0.2, 0.25) is 5.88 Å². The summed E-state index contributed by atoms with van der Waals surface area (Å²) in [7, 11) is -0.865. The van der Waals surface area contributed by atoms with Gasteiger partial charge in [-0.2, -0.15) is 0 Å². The van der Waals surface area contributed by atoms with E-state index in [-0.39, 0.29) is 0 Å². The Labute approximate surface area is 247 Å². The topological polar surface area (TPSA) is 35.0 Å². The van der Waals surface area contributed by atoms with E-state index in [0.29, 0.717) is 12.5 Å². The van der Waals surface area contributed by atoms with E-state index in [1.165, 1.54) is 32.2 Å². The predicted octanol–water partition coefficient (Wildman–Crippen LogP) is 8.10. The van der Waals surface area contributed by atoms with Crippen molar-refractivity contribution in [1.82, 2.24) is 10.2 Å². The van der Waals surface area contributed by atoms with Gasteiger partial charge in [0.05, 0.1) is 0 Å². The molecule has 0 spiro atoms. The summed E-state index contributed by atoms with van der Waals surface area (Å²) in [6.07, 6.45) is 0. The van der Waals surface area contributed by atoms with Crippen LogP contribution < -0.4 is 20.7 Å². The zero-order valence-electron chi connectivity index (χ0n) is 23.3. The minimum absolute atomic E-state index is 0.436. The summed E-state index contributed by atoms with van der Waals surface area (Å²) in [4.78, 5) is 0. The maximum Gasteiger partial charge on any atom is 0.241 e. The molecule has 6 aromatic carbocycles. The van der Waals surface area contributed by atoms with E-state index >= 15 is 0 Å². The third-order valence-electron chi connectivity index (χ3n) is 7.56. The number of hydrogen-bond donors (Lipinski definition) is 0. The van der Waals surface area contributed by atoms with E-state index in [4.69, 9.17) is 14.9 Å². The number of aromatic nitrogens is 2. The number of aryl methyl sites for hydroxylation is 1. The molecule has 0 aliphatic heterocycles. The van der Waals surface area contributed by atoms with Crippen molar-refractivity contribution >= 4 is 45.4 Å². The molecule has 0 fully saturated rings. The Balaban J connectivity index is 1.44. The molecule has 1 heterocycles. The van der Waals surface area contributed by atoms with Gasteiger partial charge in [-0.3, -0.25) is 0 Å². The number of rotatable bonds is 7. The minimum atomic E-state index is -0.865. The molecule has 0 radical (unpaired) electrons. The van der Waals surface area contributed by atoms with E-state index in [2.05, 4.69) is 146 Å². The van der Waals surface area contributed by atoms with Crippen molar-refractivity contribution in [2.24, 2.45) is 0 Å². The van der Waals surface area contributed by atoms with Crippen LogP contribution in [0.4, 0.5) is 0 Å². The lowest BCUT2D eigenvalue weighted by Gasteiger charge is -2.24. The normalized spacial score (nSPS) is 11.3. The average Bonchev–Trinajstić information content (AvgIpc) is 3.05. The second-order valence-electron chi connectivity index (χ2n) is 10.4. The first kappa shape index (κ1) is 26.1. The Hall–Kier alpha value is -4.85. The summed E-state index contributed by atoms with van der Waals surface area (Å²) in [6.45, 7) is 2.52. The molecule has 7 rings (SSSR count). The van der Waals surface area contributed by atoms with Crippen LogP contribution in [0.1, 0.15) is 11.1 Å². The van der Waals surface area contributed by atoms with E-state index in [1.54, 1.807) is 0 Å². The molecule has 0 aliphatic carbocycles. The van der Waals surface area contributed by atoms with Gasteiger partial charge in [0.15, 0.2) is 0 Å². The van der Waals surface area contributed by atoms with Crippen molar-refractivity contribution in [3.63, 3.8) is 0 Å². The van der Waals surface area contributed by atoms with E-state index in [0.717, 1.165) is 27.6 Å². The molecule has 0 saturated carbocycles. The molecule has 42 heavy (non-hydrogen) atoms. The molecule has 3 nitrogen and oxygen atoms in total. The van der Waals surface area contributed by atoms with Gasteiger partial charge in [-0.05, 0) is 53.2 Å². The minimum Gasteiger partial charge on any atom is -0.471 e. The van der Waals surface area contributed by atoms with Gasteiger partial charge < -0.3 is 4.74 Å². The first-order chi connectivity index (χ1) is 20.8. The van der Waals surface area contributed by atoms with Gasteiger partial charge in [-0.15, -0.1) is 10.2 Å². The van der Waals surface area contributed by atoms with Crippen LogP contribution in [0, 0.1) is 6.92 Å². The van der Waals surface area contributed by atoms with Crippen molar-refractivity contribution in [3.8, 4) is 17.1 Å². The van der Waals surface area contributed by atoms with Gasteiger partial charge in [0.25, 0.3) is 0 Å². The van der Waals surface area contributed by atoms with Crippen LogP contribution in [0.5, 0.6) is 5.88 Å². The molecule has 202 valence electrons. The highest BCUT2D eigenvalue weighted by atomic mass is 31.1. The standard InChI is InChI=1S/C38H29N2OP/c1-27-20-22-28(23-21-27)26-41-38-34-19-11-10-18-33(34)37(39-40-38)36-32-17-9-8-12-29(32)24-25-35(36)42(30-13-4-2-5-14-30)31-15-6-3-7-16-31/h2-25H,26H2,1H3. The van der Waals surface area contributed by atoms with Crippen molar-refractivity contribution in [2.75, 3.05) is 0 Å². The monoisotopic (exact) mass is 560 g/mol. The van der Waals surface area contributed by atoms with Crippen LogP contribution in [0.3, 0.4) is 0 Å². The lowest BCUT2D eigenvalue weighted by atomic mass is 9.98. The maximum atomic E-state index is 6.27. The summed E-state index contributed by atoms with van der Waals surface area (Å²) >= 11 is 0. The second kappa shape index (κ2) is 11.6. The van der Waals surface area contributed by atoms with Crippen molar-refractivity contribution in [3.05, 3.63) is 157 Å². The molecule has 4 heteroatoms. The molecule has 0 unspecified atom stereocenters. The molecule has 0 N–H and O–H groups in total. The third kappa shape index (κ3) is 5.04. The lowest BCUT2D eigenvalue weighted by Crippen LogP contribution is -2.22. The molecule has 0 amide bonds. The summed E-state index contributed by atoms with van der Waals surface area (Å²) in [5.74, 6) is 0.546. The first-order valence-corrected chi connectivity index (χ1v) is 15.5. The number of ether oxygens (including phenoxy) is 1. The summed E-state index contributed by atoms with van der Waals surface area (Å²) in [5, 5.41) is 17.8. The molecular formula is C38H29N2OP. The van der Waals surface area contributed by atoms with Crippen LogP contribution in [0.25, 0.3) is 32.8 Å². The van der Waals surface area contributed by atoms with Gasteiger partial charge in [-0.1, -0.05) is 145 Å². The Morgan fingerprint density at radius 1 is 0.548 bits per heavy atom. The van der Waals surface area contributed by atoms with Crippen LogP contribution >= 0.6 is 7.92 Å². The molecule has 0 bridgehead atoms. The fourth-order valence-corrected chi connectivity index (χ4v) is 7.95. The van der Waals surface area contributed by atoms with Crippen LogP contribution in [-0.4, -0.2) is 10.2 Å². The van der Waals surface area contributed by atoms with Gasteiger partial charge in [0.1, 0.15) is 12.3 Å². The maximum absolute atomic E-state index is 6.27. The molecule has 0 saturated heterocycles. The SMILES string of the molecule is Cc1ccc(COc2nnc(-c3c(P(c4ccccc4)c4ccccc4)ccc4ccccc34)c3ccccc23)cc1. The average molecular weight is 561 g/mol. The van der Waals surface area contributed by atoms with Crippen LogP contribution in [-0.2, 0) is 6.61 Å². The molecular weight excluding hydrogens is 531 g/mol. The highest BCUT2D eigenvalue weighted by molar-refractivity contribution is 7.80. The molecule has 0 aliphatic rings. The molecule has 1 aromatic heterocycles. The predicted molar refractivity (Wildman–Crippen MR) is 177 cm³/mol. The fraction of sp³-hybridized carbons (Fsp3) is 0.0526. The van der Waals surface area contributed by atoms with Crippen molar-refractivity contribution < 1.29 is 4.74 Å². The van der Waals surface area contributed by atoms with E-state index in [9.17, 15) is 0 Å². The Morgan fingerprint density at radius 3 is 1.83 bits per heavy atom. The number of nitrogens with zero attached hydrogens (tertiary/aromatic N) is 2. The Kier molecular flexibility index (Phi) is 7.18. The summed E-state index contributed by atoms with van der Waals surface area (Å²) < 4.78 is 6.27. The van der Waals surface area contributed by atoms with Crippen LogP contribution in [0.15, 0.2) is 146 Å². The third-order valence-corrected chi connectivity index (χ3v) is 10.0. The van der Waals surface area contributed by atoms with Crippen LogP contribution in [0.2, 0.25) is 0 Å².